The third kappa shape index (κ3) is 3.70. The van der Waals surface area contributed by atoms with Gasteiger partial charge in [0.15, 0.2) is 0 Å². The summed E-state index contributed by atoms with van der Waals surface area (Å²) >= 11 is 0. The molecule has 0 radical (unpaired) electrons. The predicted octanol–water partition coefficient (Wildman–Crippen LogP) is 4.95. The number of aromatic amines is 1. The highest BCUT2D eigenvalue weighted by Crippen LogP contribution is 2.30. The van der Waals surface area contributed by atoms with Gasteiger partial charge in [-0.05, 0) is 47.5 Å². The molecule has 1 aliphatic heterocycles. The molecule has 1 aliphatic rings. The van der Waals surface area contributed by atoms with E-state index in [0.29, 0.717) is 18.7 Å². The van der Waals surface area contributed by atoms with Gasteiger partial charge in [-0.25, -0.2) is 0 Å². The van der Waals surface area contributed by atoms with Crippen LogP contribution < -0.4 is 4.74 Å². The lowest BCUT2D eigenvalue weighted by Gasteiger charge is -2.27. The maximum absolute atomic E-state index is 13.2. The van der Waals surface area contributed by atoms with Crippen LogP contribution in [-0.2, 0) is 13.0 Å². The van der Waals surface area contributed by atoms with E-state index in [1.165, 1.54) is 0 Å². The molecule has 0 bridgehead atoms. The summed E-state index contributed by atoms with van der Waals surface area (Å²) in [6, 6.07) is 25.9. The maximum Gasteiger partial charge on any atom is 0.254 e. The molecule has 154 valence electrons. The van der Waals surface area contributed by atoms with E-state index in [0.717, 1.165) is 45.8 Å². The minimum atomic E-state index is 0.0483. The van der Waals surface area contributed by atoms with Crippen LogP contribution >= 0.6 is 0 Å². The Bertz CT molecular complexity index is 1200. The van der Waals surface area contributed by atoms with Crippen LogP contribution in [-0.4, -0.2) is 34.7 Å². The molecule has 0 fully saturated rings. The van der Waals surface area contributed by atoms with E-state index in [1.807, 2.05) is 71.6 Å². The topological polar surface area (TPSA) is 58.2 Å². The molecule has 0 aliphatic carbocycles. The molecule has 0 unspecified atom stereocenters. The third-order valence-electron chi connectivity index (χ3n) is 5.82. The van der Waals surface area contributed by atoms with Crippen molar-refractivity contribution in [2.24, 2.45) is 0 Å². The Balaban J connectivity index is 1.36. The summed E-state index contributed by atoms with van der Waals surface area (Å²) < 4.78 is 5.25. The summed E-state index contributed by atoms with van der Waals surface area (Å²) in [4.78, 5) is 15.1. The van der Waals surface area contributed by atoms with Crippen molar-refractivity contribution < 1.29 is 9.53 Å². The van der Waals surface area contributed by atoms with Gasteiger partial charge in [-0.2, -0.15) is 5.10 Å². The van der Waals surface area contributed by atoms with E-state index in [4.69, 9.17) is 4.74 Å². The highest BCUT2D eigenvalue weighted by atomic mass is 16.5. The van der Waals surface area contributed by atoms with E-state index in [2.05, 4.69) is 22.3 Å². The summed E-state index contributed by atoms with van der Waals surface area (Å²) in [6.45, 7) is 1.23. The van der Waals surface area contributed by atoms with Gasteiger partial charge in [0, 0.05) is 41.9 Å². The van der Waals surface area contributed by atoms with Crippen LogP contribution in [0.5, 0.6) is 5.75 Å². The van der Waals surface area contributed by atoms with Crippen LogP contribution in [0.1, 0.15) is 21.6 Å². The molecule has 4 aromatic rings. The molecule has 0 atom stereocenters. The number of aromatic nitrogens is 2. The number of nitrogens with zero attached hydrogens (tertiary/aromatic N) is 2. The van der Waals surface area contributed by atoms with Crippen LogP contribution in [0.15, 0.2) is 78.9 Å². The van der Waals surface area contributed by atoms with E-state index < -0.39 is 0 Å². The van der Waals surface area contributed by atoms with Gasteiger partial charge in [0.1, 0.15) is 5.75 Å². The molecule has 3 aromatic carbocycles. The first-order valence-electron chi connectivity index (χ1n) is 10.4. The van der Waals surface area contributed by atoms with Crippen molar-refractivity contribution in [3.05, 3.63) is 95.7 Å². The summed E-state index contributed by atoms with van der Waals surface area (Å²) in [5.74, 6) is 0.857. The summed E-state index contributed by atoms with van der Waals surface area (Å²) in [5.41, 5.74) is 7.06. The third-order valence-corrected chi connectivity index (χ3v) is 5.82. The number of ether oxygens (including phenoxy) is 1. The van der Waals surface area contributed by atoms with Crippen molar-refractivity contribution >= 4 is 5.91 Å². The Kier molecular flexibility index (Phi) is 5.00. The molecule has 0 spiro atoms. The smallest absolute Gasteiger partial charge is 0.254 e. The standard InChI is InChI=1S/C26H23N3O2/c1-31-22-13-11-20(12-14-22)25-23-17-29(16-15-24(23)27-28-25)26(30)21-9-7-19(8-10-21)18-5-3-2-4-6-18/h2-14H,15-17H2,1H3,(H,27,28). The number of benzene rings is 3. The molecule has 0 saturated carbocycles. The molecule has 1 amide bonds. The van der Waals surface area contributed by atoms with Gasteiger partial charge in [-0.3, -0.25) is 9.89 Å². The number of H-pyrrole nitrogens is 1. The molecular formula is C26H23N3O2. The molecule has 1 aromatic heterocycles. The number of carbonyl (C=O) groups excluding carboxylic acids is 1. The zero-order valence-electron chi connectivity index (χ0n) is 17.3. The van der Waals surface area contributed by atoms with Gasteiger partial charge < -0.3 is 9.64 Å². The highest BCUT2D eigenvalue weighted by Gasteiger charge is 2.26. The molecule has 5 nitrogen and oxygen atoms in total. The van der Waals surface area contributed by atoms with Gasteiger partial charge in [-0.15, -0.1) is 0 Å². The lowest BCUT2D eigenvalue weighted by atomic mass is 9.99. The van der Waals surface area contributed by atoms with Gasteiger partial charge >= 0.3 is 0 Å². The molecule has 5 heteroatoms. The fraction of sp³-hybridized carbons (Fsp3) is 0.154. The molecule has 5 rings (SSSR count). The molecule has 1 N–H and O–H groups in total. The Hall–Kier alpha value is -3.86. The summed E-state index contributed by atoms with van der Waals surface area (Å²) in [5, 5.41) is 7.69. The summed E-state index contributed by atoms with van der Waals surface area (Å²) in [6.07, 6.45) is 0.770. The van der Waals surface area contributed by atoms with Crippen LogP contribution in [0.3, 0.4) is 0 Å². The van der Waals surface area contributed by atoms with Crippen molar-refractivity contribution in [3.8, 4) is 28.1 Å². The van der Waals surface area contributed by atoms with Gasteiger partial charge in [0.05, 0.1) is 12.8 Å². The number of fused-ring (bicyclic) bond motifs is 1. The lowest BCUT2D eigenvalue weighted by molar-refractivity contribution is 0.0734. The number of nitrogens with one attached hydrogen (secondary N) is 1. The van der Waals surface area contributed by atoms with Crippen molar-refractivity contribution in [2.45, 2.75) is 13.0 Å². The van der Waals surface area contributed by atoms with Crippen molar-refractivity contribution in [1.29, 1.82) is 0 Å². The van der Waals surface area contributed by atoms with Crippen LogP contribution in [0.2, 0.25) is 0 Å². The van der Waals surface area contributed by atoms with Gasteiger partial charge in [0.25, 0.3) is 5.91 Å². The number of hydrogen-bond acceptors (Lipinski definition) is 3. The quantitative estimate of drug-likeness (QED) is 0.519. The average Bonchev–Trinajstić information content (AvgIpc) is 3.27. The number of rotatable bonds is 4. The lowest BCUT2D eigenvalue weighted by Crippen LogP contribution is -2.35. The van der Waals surface area contributed by atoms with E-state index in [9.17, 15) is 4.79 Å². The molecule has 31 heavy (non-hydrogen) atoms. The van der Waals surface area contributed by atoms with E-state index in [-0.39, 0.29) is 5.91 Å². The number of amides is 1. The second-order valence-electron chi connectivity index (χ2n) is 7.68. The second-order valence-corrected chi connectivity index (χ2v) is 7.68. The number of carbonyl (C=O) groups is 1. The Morgan fingerprint density at radius 3 is 2.29 bits per heavy atom. The fourth-order valence-corrected chi connectivity index (χ4v) is 4.07. The van der Waals surface area contributed by atoms with Crippen molar-refractivity contribution in [1.82, 2.24) is 15.1 Å². The zero-order chi connectivity index (χ0) is 21.2. The Labute approximate surface area is 181 Å². The second kappa shape index (κ2) is 8.11. The minimum Gasteiger partial charge on any atom is -0.497 e. The molecule has 2 heterocycles. The molecule has 0 saturated heterocycles. The van der Waals surface area contributed by atoms with Crippen LogP contribution in [0, 0.1) is 0 Å². The normalized spacial score (nSPS) is 13.0. The van der Waals surface area contributed by atoms with Crippen molar-refractivity contribution in [3.63, 3.8) is 0 Å². The first-order valence-corrected chi connectivity index (χ1v) is 10.4. The fourth-order valence-electron chi connectivity index (χ4n) is 4.07. The largest absolute Gasteiger partial charge is 0.497 e. The summed E-state index contributed by atoms with van der Waals surface area (Å²) in [7, 11) is 1.65. The van der Waals surface area contributed by atoms with Crippen LogP contribution in [0.25, 0.3) is 22.4 Å². The van der Waals surface area contributed by atoms with Crippen LogP contribution in [0.4, 0.5) is 0 Å². The maximum atomic E-state index is 13.2. The minimum absolute atomic E-state index is 0.0483. The monoisotopic (exact) mass is 409 g/mol. The first kappa shape index (κ1) is 19.1. The number of methoxy groups -OCH3 is 1. The predicted molar refractivity (Wildman–Crippen MR) is 121 cm³/mol. The van der Waals surface area contributed by atoms with E-state index in [1.54, 1.807) is 7.11 Å². The first-order chi connectivity index (χ1) is 15.2. The zero-order valence-corrected chi connectivity index (χ0v) is 17.3. The average molecular weight is 409 g/mol. The Morgan fingerprint density at radius 2 is 1.58 bits per heavy atom. The highest BCUT2D eigenvalue weighted by molar-refractivity contribution is 5.95. The van der Waals surface area contributed by atoms with Crippen molar-refractivity contribution in [2.75, 3.05) is 13.7 Å². The number of hydrogen-bond donors (Lipinski definition) is 1. The molecular weight excluding hydrogens is 386 g/mol. The van der Waals surface area contributed by atoms with E-state index >= 15 is 0 Å². The SMILES string of the molecule is COc1ccc(-c2n[nH]c3c2CN(C(=O)c2ccc(-c4ccccc4)cc2)CC3)cc1. The Morgan fingerprint density at radius 1 is 0.903 bits per heavy atom. The van der Waals surface area contributed by atoms with Gasteiger partial charge in [-0.1, -0.05) is 42.5 Å². The van der Waals surface area contributed by atoms with Gasteiger partial charge in [0.2, 0.25) is 0 Å².